The predicted octanol–water partition coefficient (Wildman–Crippen LogP) is 3.28. The second-order valence-corrected chi connectivity index (χ2v) is 7.14. The standard InChI is InChI=1S/C16H29NO2/c1-15(2,13-7-11-17-12-8-13)19-14(18)16(3)9-5-4-6-10-16/h13,17H,4-12H2,1-3H3. The van der Waals surface area contributed by atoms with Crippen LogP contribution in [0.5, 0.6) is 0 Å². The predicted molar refractivity (Wildman–Crippen MR) is 77.0 cm³/mol. The van der Waals surface area contributed by atoms with Gasteiger partial charge in [-0.25, -0.2) is 0 Å². The van der Waals surface area contributed by atoms with Gasteiger partial charge >= 0.3 is 5.97 Å². The number of carbonyl (C=O) groups excluding carboxylic acids is 1. The first-order chi connectivity index (χ1) is 8.94. The van der Waals surface area contributed by atoms with Gasteiger partial charge < -0.3 is 10.1 Å². The van der Waals surface area contributed by atoms with Crippen molar-refractivity contribution in [2.24, 2.45) is 11.3 Å². The topological polar surface area (TPSA) is 38.3 Å². The van der Waals surface area contributed by atoms with E-state index in [-0.39, 0.29) is 17.0 Å². The summed E-state index contributed by atoms with van der Waals surface area (Å²) in [6, 6.07) is 0. The molecule has 0 unspecified atom stereocenters. The summed E-state index contributed by atoms with van der Waals surface area (Å²) >= 11 is 0. The summed E-state index contributed by atoms with van der Waals surface area (Å²) in [5.74, 6) is 0.528. The summed E-state index contributed by atoms with van der Waals surface area (Å²) in [6.45, 7) is 8.36. The minimum atomic E-state index is -0.320. The number of hydrogen-bond donors (Lipinski definition) is 1. The zero-order valence-electron chi connectivity index (χ0n) is 12.8. The number of nitrogens with one attached hydrogen (secondary N) is 1. The number of rotatable bonds is 3. The summed E-state index contributed by atoms with van der Waals surface area (Å²) in [6.07, 6.45) is 7.80. The highest BCUT2D eigenvalue weighted by Gasteiger charge is 2.41. The Labute approximate surface area is 117 Å². The lowest BCUT2D eigenvalue weighted by atomic mass is 9.75. The van der Waals surface area contributed by atoms with Gasteiger partial charge in [0.05, 0.1) is 5.41 Å². The smallest absolute Gasteiger partial charge is 0.312 e. The van der Waals surface area contributed by atoms with Crippen LogP contribution < -0.4 is 5.32 Å². The van der Waals surface area contributed by atoms with E-state index in [0.717, 1.165) is 38.8 Å². The first-order valence-electron chi connectivity index (χ1n) is 7.88. The Kier molecular flexibility index (Phi) is 4.54. The fourth-order valence-corrected chi connectivity index (χ4v) is 3.50. The van der Waals surface area contributed by atoms with Gasteiger partial charge in [-0.1, -0.05) is 19.3 Å². The minimum Gasteiger partial charge on any atom is -0.459 e. The number of ether oxygens (including phenoxy) is 1. The first-order valence-corrected chi connectivity index (χ1v) is 7.88. The Morgan fingerprint density at radius 1 is 1.16 bits per heavy atom. The van der Waals surface area contributed by atoms with E-state index in [2.05, 4.69) is 26.1 Å². The van der Waals surface area contributed by atoms with Crippen molar-refractivity contribution in [2.75, 3.05) is 13.1 Å². The van der Waals surface area contributed by atoms with E-state index in [1.807, 2.05) is 0 Å². The molecule has 2 rings (SSSR count). The van der Waals surface area contributed by atoms with Crippen molar-refractivity contribution in [3.8, 4) is 0 Å². The third kappa shape index (κ3) is 3.50. The molecule has 3 nitrogen and oxygen atoms in total. The van der Waals surface area contributed by atoms with Crippen molar-refractivity contribution < 1.29 is 9.53 Å². The van der Waals surface area contributed by atoms with Crippen LogP contribution in [0, 0.1) is 11.3 Å². The van der Waals surface area contributed by atoms with Crippen molar-refractivity contribution in [3.05, 3.63) is 0 Å². The molecule has 1 saturated carbocycles. The molecule has 0 spiro atoms. The maximum Gasteiger partial charge on any atom is 0.312 e. The molecule has 19 heavy (non-hydrogen) atoms. The van der Waals surface area contributed by atoms with E-state index in [1.54, 1.807) is 0 Å². The van der Waals surface area contributed by atoms with Crippen LogP contribution in [-0.4, -0.2) is 24.7 Å². The van der Waals surface area contributed by atoms with Crippen LogP contribution in [0.25, 0.3) is 0 Å². The van der Waals surface area contributed by atoms with E-state index in [9.17, 15) is 4.79 Å². The summed E-state index contributed by atoms with van der Waals surface area (Å²) in [5, 5.41) is 3.37. The Balaban J connectivity index is 1.96. The van der Waals surface area contributed by atoms with E-state index in [0.29, 0.717) is 5.92 Å². The average molecular weight is 267 g/mol. The lowest BCUT2D eigenvalue weighted by Gasteiger charge is -2.40. The van der Waals surface area contributed by atoms with Crippen LogP contribution in [-0.2, 0) is 9.53 Å². The van der Waals surface area contributed by atoms with Crippen LogP contribution in [0.2, 0.25) is 0 Å². The SMILES string of the molecule is CC1(C(=O)OC(C)(C)C2CCNCC2)CCCCC1. The van der Waals surface area contributed by atoms with Gasteiger partial charge in [-0.3, -0.25) is 4.79 Å². The van der Waals surface area contributed by atoms with Gasteiger partial charge in [0, 0.05) is 5.92 Å². The molecule has 0 radical (unpaired) electrons. The lowest BCUT2D eigenvalue weighted by molar-refractivity contribution is -0.176. The summed E-state index contributed by atoms with van der Waals surface area (Å²) in [5.41, 5.74) is -0.553. The van der Waals surface area contributed by atoms with Crippen molar-refractivity contribution in [2.45, 2.75) is 71.3 Å². The van der Waals surface area contributed by atoms with Crippen LogP contribution in [0.3, 0.4) is 0 Å². The molecule has 1 saturated heterocycles. The third-order valence-electron chi connectivity index (χ3n) is 5.13. The van der Waals surface area contributed by atoms with Crippen LogP contribution in [0.1, 0.15) is 65.7 Å². The molecular weight excluding hydrogens is 238 g/mol. The molecule has 1 aliphatic carbocycles. The molecule has 110 valence electrons. The number of piperidine rings is 1. The molecule has 3 heteroatoms. The maximum absolute atomic E-state index is 12.5. The second-order valence-electron chi connectivity index (χ2n) is 7.14. The van der Waals surface area contributed by atoms with Crippen LogP contribution >= 0.6 is 0 Å². The lowest BCUT2D eigenvalue weighted by Crippen LogP contribution is -2.45. The van der Waals surface area contributed by atoms with Gasteiger partial charge in [-0.05, 0) is 59.5 Å². The Morgan fingerprint density at radius 3 is 2.32 bits per heavy atom. The number of hydrogen-bond acceptors (Lipinski definition) is 3. The Hall–Kier alpha value is -0.570. The van der Waals surface area contributed by atoms with Gasteiger partial charge in [0.25, 0.3) is 0 Å². The van der Waals surface area contributed by atoms with Gasteiger partial charge in [0.2, 0.25) is 0 Å². The molecule has 1 aliphatic heterocycles. The molecule has 0 aromatic carbocycles. The zero-order valence-corrected chi connectivity index (χ0v) is 12.8. The Bertz CT molecular complexity index is 313. The van der Waals surface area contributed by atoms with Crippen molar-refractivity contribution in [1.29, 1.82) is 0 Å². The molecule has 0 atom stereocenters. The van der Waals surface area contributed by atoms with Crippen molar-refractivity contribution >= 4 is 5.97 Å². The van der Waals surface area contributed by atoms with E-state index in [4.69, 9.17) is 4.74 Å². The fourth-order valence-electron chi connectivity index (χ4n) is 3.50. The molecule has 0 aromatic heterocycles. The third-order valence-corrected chi connectivity index (χ3v) is 5.13. The van der Waals surface area contributed by atoms with Gasteiger partial charge in [-0.15, -0.1) is 0 Å². The molecule has 2 aliphatic rings. The van der Waals surface area contributed by atoms with Crippen molar-refractivity contribution in [3.63, 3.8) is 0 Å². The van der Waals surface area contributed by atoms with E-state index < -0.39 is 0 Å². The normalized spacial score (nSPS) is 25.0. The molecule has 1 heterocycles. The molecule has 0 amide bonds. The van der Waals surface area contributed by atoms with E-state index >= 15 is 0 Å². The fraction of sp³-hybridized carbons (Fsp3) is 0.938. The highest BCUT2D eigenvalue weighted by molar-refractivity contribution is 5.76. The highest BCUT2D eigenvalue weighted by atomic mass is 16.6. The summed E-state index contributed by atoms with van der Waals surface area (Å²) in [7, 11) is 0. The molecule has 2 fully saturated rings. The zero-order chi connectivity index (χ0) is 13.9. The minimum absolute atomic E-state index is 0.0377. The van der Waals surface area contributed by atoms with Crippen molar-refractivity contribution in [1.82, 2.24) is 5.32 Å². The first kappa shape index (κ1) is 14.8. The summed E-state index contributed by atoms with van der Waals surface area (Å²) < 4.78 is 5.95. The van der Waals surface area contributed by atoms with Gasteiger partial charge in [0.15, 0.2) is 0 Å². The van der Waals surface area contributed by atoms with Crippen LogP contribution in [0.4, 0.5) is 0 Å². The maximum atomic E-state index is 12.5. The summed E-state index contributed by atoms with van der Waals surface area (Å²) in [4.78, 5) is 12.5. The van der Waals surface area contributed by atoms with Gasteiger partial charge in [-0.2, -0.15) is 0 Å². The quantitative estimate of drug-likeness (QED) is 0.798. The van der Waals surface area contributed by atoms with E-state index in [1.165, 1.54) is 19.3 Å². The molecule has 1 N–H and O–H groups in total. The average Bonchev–Trinajstić information content (AvgIpc) is 2.40. The largest absolute Gasteiger partial charge is 0.459 e. The molecular formula is C16H29NO2. The molecule has 0 aromatic rings. The molecule has 0 bridgehead atoms. The second kappa shape index (κ2) is 5.82. The number of carbonyl (C=O) groups is 1. The monoisotopic (exact) mass is 267 g/mol. The van der Waals surface area contributed by atoms with Gasteiger partial charge in [0.1, 0.15) is 5.60 Å². The Morgan fingerprint density at radius 2 is 1.74 bits per heavy atom. The number of esters is 1. The van der Waals surface area contributed by atoms with Crippen LogP contribution in [0.15, 0.2) is 0 Å². The highest BCUT2D eigenvalue weighted by Crippen LogP contribution is 2.39.